The fourth-order valence-corrected chi connectivity index (χ4v) is 3.90. The lowest BCUT2D eigenvalue weighted by Gasteiger charge is -2.09. The Morgan fingerprint density at radius 3 is 2.76 bits per heavy atom. The number of ether oxygens (including phenoxy) is 1. The van der Waals surface area contributed by atoms with Crippen LogP contribution in [0.4, 0.5) is 5.69 Å². The quantitative estimate of drug-likeness (QED) is 0.587. The van der Waals surface area contributed by atoms with E-state index in [4.69, 9.17) is 16.3 Å². The van der Waals surface area contributed by atoms with Gasteiger partial charge in [-0.05, 0) is 24.3 Å². The molecule has 0 fully saturated rings. The second-order valence-electron chi connectivity index (χ2n) is 5.04. The fraction of sp³-hybridized carbons (Fsp3) is 0.111. The molecule has 0 aliphatic rings. The number of anilines is 1. The second-order valence-corrected chi connectivity index (χ2v) is 7.56. The number of methoxy groups -OCH3 is 1. The zero-order valence-corrected chi connectivity index (χ0v) is 15.8. The van der Waals surface area contributed by atoms with Gasteiger partial charge in [0.25, 0.3) is 0 Å². The molecule has 0 aliphatic carbocycles. The monoisotopic (exact) mass is 390 g/mol. The van der Waals surface area contributed by atoms with Gasteiger partial charge in [-0.1, -0.05) is 47.6 Å². The number of hydrogen-bond acceptors (Lipinski definition) is 5. The van der Waals surface area contributed by atoms with E-state index in [0.29, 0.717) is 16.5 Å². The maximum Gasteiger partial charge on any atom is 0.234 e. The first kappa shape index (κ1) is 17.8. The summed E-state index contributed by atoms with van der Waals surface area (Å²) in [6, 6.07) is 14.9. The van der Waals surface area contributed by atoms with Crippen molar-refractivity contribution in [2.45, 2.75) is 4.34 Å². The number of halogens is 1. The van der Waals surface area contributed by atoms with Crippen molar-refractivity contribution in [1.82, 2.24) is 4.98 Å². The summed E-state index contributed by atoms with van der Waals surface area (Å²) in [7, 11) is 1.58. The third-order valence-electron chi connectivity index (χ3n) is 3.33. The molecule has 0 aliphatic heterocycles. The number of carbonyl (C=O) groups is 1. The van der Waals surface area contributed by atoms with E-state index in [2.05, 4.69) is 10.3 Å². The largest absolute Gasteiger partial charge is 0.495 e. The summed E-state index contributed by atoms with van der Waals surface area (Å²) in [5.41, 5.74) is 2.55. The van der Waals surface area contributed by atoms with Gasteiger partial charge in [0.1, 0.15) is 5.75 Å². The Hall–Kier alpha value is -2.02. The first-order valence-corrected chi connectivity index (χ1v) is 9.67. The van der Waals surface area contributed by atoms with Crippen molar-refractivity contribution in [3.05, 3.63) is 58.9 Å². The van der Waals surface area contributed by atoms with Crippen LogP contribution >= 0.6 is 34.7 Å². The minimum atomic E-state index is -0.0993. The van der Waals surface area contributed by atoms with Gasteiger partial charge in [-0.2, -0.15) is 0 Å². The van der Waals surface area contributed by atoms with Crippen LogP contribution in [0, 0.1) is 0 Å². The van der Waals surface area contributed by atoms with Crippen molar-refractivity contribution in [2.75, 3.05) is 18.2 Å². The van der Waals surface area contributed by atoms with Crippen molar-refractivity contribution >= 4 is 46.3 Å². The van der Waals surface area contributed by atoms with Crippen LogP contribution in [0.25, 0.3) is 11.3 Å². The SMILES string of the molecule is COc1ccccc1NC(=O)CSc1nc(-c2ccc(Cl)cc2)cs1. The molecule has 3 rings (SSSR count). The number of thiazole rings is 1. The molecule has 0 spiro atoms. The molecule has 7 heteroatoms. The molecule has 1 heterocycles. The van der Waals surface area contributed by atoms with Gasteiger partial charge in [-0.15, -0.1) is 11.3 Å². The average Bonchev–Trinajstić information content (AvgIpc) is 3.10. The number of hydrogen-bond donors (Lipinski definition) is 1. The van der Waals surface area contributed by atoms with Crippen LogP contribution in [0.2, 0.25) is 5.02 Å². The number of benzene rings is 2. The molecule has 3 aromatic rings. The van der Waals surface area contributed by atoms with E-state index in [1.165, 1.54) is 23.1 Å². The summed E-state index contributed by atoms with van der Waals surface area (Å²) in [6.45, 7) is 0. The smallest absolute Gasteiger partial charge is 0.234 e. The third-order valence-corrected chi connectivity index (χ3v) is 5.60. The summed E-state index contributed by atoms with van der Waals surface area (Å²) in [6.07, 6.45) is 0. The first-order valence-electron chi connectivity index (χ1n) is 7.43. The van der Waals surface area contributed by atoms with Crippen LogP contribution in [0.1, 0.15) is 0 Å². The standard InChI is InChI=1S/C18H15ClN2O2S2/c1-23-16-5-3-2-4-14(16)20-17(22)11-25-18-21-15(10-24-18)12-6-8-13(19)9-7-12/h2-10H,11H2,1H3,(H,20,22). The van der Waals surface area contributed by atoms with Gasteiger partial charge in [0.15, 0.2) is 4.34 Å². The first-order chi connectivity index (χ1) is 12.2. The zero-order chi connectivity index (χ0) is 17.6. The van der Waals surface area contributed by atoms with E-state index < -0.39 is 0 Å². The number of amides is 1. The highest BCUT2D eigenvalue weighted by Crippen LogP contribution is 2.29. The third kappa shape index (κ3) is 4.75. The number of nitrogens with zero attached hydrogens (tertiary/aromatic N) is 1. The number of aromatic nitrogens is 1. The van der Waals surface area contributed by atoms with Crippen molar-refractivity contribution in [3.8, 4) is 17.0 Å². The molecule has 0 unspecified atom stereocenters. The van der Waals surface area contributed by atoms with E-state index in [0.717, 1.165) is 15.6 Å². The number of thioether (sulfide) groups is 1. The molecule has 2 aromatic carbocycles. The van der Waals surface area contributed by atoms with Crippen LogP contribution < -0.4 is 10.1 Å². The van der Waals surface area contributed by atoms with Gasteiger partial charge in [-0.25, -0.2) is 4.98 Å². The van der Waals surface area contributed by atoms with E-state index >= 15 is 0 Å². The molecule has 1 amide bonds. The molecule has 0 saturated heterocycles. The lowest BCUT2D eigenvalue weighted by atomic mass is 10.2. The van der Waals surface area contributed by atoms with Crippen LogP contribution in [0.3, 0.4) is 0 Å². The van der Waals surface area contributed by atoms with Gasteiger partial charge >= 0.3 is 0 Å². The molecule has 0 bridgehead atoms. The molecule has 0 radical (unpaired) electrons. The predicted molar refractivity (Wildman–Crippen MR) is 105 cm³/mol. The van der Waals surface area contributed by atoms with Gasteiger partial charge in [-0.3, -0.25) is 4.79 Å². The topological polar surface area (TPSA) is 51.2 Å². The number of carbonyl (C=O) groups excluding carboxylic acids is 1. The normalized spacial score (nSPS) is 10.5. The Morgan fingerprint density at radius 1 is 1.24 bits per heavy atom. The molecule has 0 atom stereocenters. The molecular weight excluding hydrogens is 376 g/mol. The summed E-state index contributed by atoms with van der Waals surface area (Å²) in [4.78, 5) is 16.7. The highest BCUT2D eigenvalue weighted by Gasteiger charge is 2.10. The minimum Gasteiger partial charge on any atom is -0.495 e. The van der Waals surface area contributed by atoms with E-state index in [1.54, 1.807) is 7.11 Å². The van der Waals surface area contributed by atoms with Crippen LogP contribution in [0.5, 0.6) is 5.75 Å². The Labute approximate surface area is 159 Å². The molecule has 1 aromatic heterocycles. The molecular formula is C18H15ClN2O2S2. The summed E-state index contributed by atoms with van der Waals surface area (Å²) in [5.74, 6) is 0.823. The molecule has 0 saturated carbocycles. The predicted octanol–water partition coefficient (Wildman–Crippen LogP) is 5.20. The van der Waals surface area contributed by atoms with Gasteiger partial charge < -0.3 is 10.1 Å². The molecule has 1 N–H and O–H groups in total. The van der Waals surface area contributed by atoms with Crippen molar-refractivity contribution < 1.29 is 9.53 Å². The minimum absolute atomic E-state index is 0.0993. The Morgan fingerprint density at radius 2 is 2.00 bits per heavy atom. The highest BCUT2D eigenvalue weighted by molar-refractivity contribution is 8.01. The molecule has 25 heavy (non-hydrogen) atoms. The van der Waals surface area contributed by atoms with E-state index in [1.807, 2.05) is 53.9 Å². The van der Waals surface area contributed by atoms with Crippen LogP contribution in [-0.4, -0.2) is 23.8 Å². The summed E-state index contributed by atoms with van der Waals surface area (Å²) >= 11 is 8.83. The maximum atomic E-state index is 12.1. The molecule has 4 nitrogen and oxygen atoms in total. The lowest BCUT2D eigenvalue weighted by molar-refractivity contribution is -0.113. The highest BCUT2D eigenvalue weighted by atomic mass is 35.5. The molecule has 128 valence electrons. The van der Waals surface area contributed by atoms with Crippen LogP contribution in [0.15, 0.2) is 58.3 Å². The van der Waals surface area contributed by atoms with E-state index in [-0.39, 0.29) is 11.7 Å². The van der Waals surface area contributed by atoms with E-state index in [9.17, 15) is 4.79 Å². The van der Waals surface area contributed by atoms with Gasteiger partial charge in [0.05, 0.1) is 24.2 Å². The second kappa shape index (κ2) is 8.38. The van der Waals surface area contributed by atoms with Gasteiger partial charge in [0, 0.05) is 16.0 Å². The average molecular weight is 391 g/mol. The Bertz CT molecular complexity index is 866. The zero-order valence-electron chi connectivity index (χ0n) is 13.4. The lowest BCUT2D eigenvalue weighted by Crippen LogP contribution is -2.14. The number of nitrogens with one attached hydrogen (secondary N) is 1. The van der Waals surface area contributed by atoms with Crippen LogP contribution in [-0.2, 0) is 4.79 Å². The van der Waals surface area contributed by atoms with Gasteiger partial charge in [0.2, 0.25) is 5.91 Å². The number of para-hydroxylation sites is 2. The number of rotatable bonds is 6. The van der Waals surface area contributed by atoms with Crippen molar-refractivity contribution in [2.24, 2.45) is 0 Å². The Kier molecular flexibility index (Phi) is 5.96. The maximum absolute atomic E-state index is 12.1. The van der Waals surface area contributed by atoms with Crippen molar-refractivity contribution in [1.29, 1.82) is 0 Å². The summed E-state index contributed by atoms with van der Waals surface area (Å²) < 4.78 is 6.08. The fourth-order valence-electron chi connectivity index (χ4n) is 2.14. The van der Waals surface area contributed by atoms with Crippen molar-refractivity contribution in [3.63, 3.8) is 0 Å². The Balaban J connectivity index is 1.58. The summed E-state index contributed by atoms with van der Waals surface area (Å²) in [5, 5.41) is 5.53.